The molecule has 3 rings (SSSR count). The van der Waals surface area contributed by atoms with Gasteiger partial charge in [0.05, 0.1) is 23.6 Å². The summed E-state index contributed by atoms with van der Waals surface area (Å²) in [5, 5.41) is 9.57. The smallest absolute Gasteiger partial charge is 0.337 e. The lowest BCUT2D eigenvalue weighted by molar-refractivity contribution is 0.0695. The monoisotopic (exact) mass is 367 g/mol. The van der Waals surface area contributed by atoms with Gasteiger partial charge in [0.2, 0.25) is 0 Å². The Hall–Kier alpha value is -2.36. The van der Waals surface area contributed by atoms with Gasteiger partial charge in [0.1, 0.15) is 5.75 Å². The molecule has 4 nitrogen and oxygen atoms in total. The summed E-state index contributed by atoms with van der Waals surface area (Å²) in [5.41, 5.74) is 3.86. The number of ether oxygens (including phenoxy) is 1. The zero-order chi connectivity index (χ0) is 19.2. The van der Waals surface area contributed by atoms with Crippen LogP contribution in [0.1, 0.15) is 67.1 Å². The van der Waals surface area contributed by atoms with Crippen molar-refractivity contribution in [2.45, 2.75) is 58.8 Å². The van der Waals surface area contributed by atoms with Crippen molar-refractivity contribution in [3.63, 3.8) is 0 Å². The second-order valence-corrected chi connectivity index (χ2v) is 7.53. The molecule has 1 aliphatic carbocycles. The Morgan fingerprint density at radius 2 is 2.00 bits per heavy atom. The van der Waals surface area contributed by atoms with Crippen LogP contribution in [0.3, 0.4) is 0 Å². The van der Waals surface area contributed by atoms with Crippen molar-refractivity contribution >= 4 is 5.97 Å². The number of hydrogen-bond donors (Lipinski definition) is 1. The van der Waals surface area contributed by atoms with Gasteiger partial charge in [-0.1, -0.05) is 44.2 Å². The first-order valence-corrected chi connectivity index (χ1v) is 10.1. The molecule has 0 aliphatic heterocycles. The third-order valence-corrected chi connectivity index (χ3v) is 5.34. The summed E-state index contributed by atoms with van der Waals surface area (Å²) in [6.45, 7) is 4.77. The molecule has 1 aromatic carbocycles. The van der Waals surface area contributed by atoms with E-state index in [1.807, 2.05) is 19.1 Å². The summed E-state index contributed by atoms with van der Waals surface area (Å²) in [7, 11) is 0. The molecule has 0 saturated heterocycles. The molecule has 0 spiro atoms. The van der Waals surface area contributed by atoms with Gasteiger partial charge in [-0.05, 0) is 56.4 Å². The van der Waals surface area contributed by atoms with Crippen molar-refractivity contribution in [3.8, 4) is 17.0 Å². The Kier molecular flexibility index (Phi) is 6.49. The van der Waals surface area contributed by atoms with Gasteiger partial charge >= 0.3 is 5.97 Å². The van der Waals surface area contributed by atoms with Crippen LogP contribution >= 0.6 is 0 Å². The van der Waals surface area contributed by atoms with Crippen LogP contribution in [0.4, 0.5) is 0 Å². The minimum absolute atomic E-state index is 0.320. The first-order valence-electron chi connectivity index (χ1n) is 10.1. The molecular weight excluding hydrogens is 338 g/mol. The second kappa shape index (κ2) is 9.03. The minimum Gasteiger partial charge on any atom is -0.493 e. The molecule has 4 heteroatoms. The van der Waals surface area contributed by atoms with Gasteiger partial charge in [-0.2, -0.15) is 0 Å². The third-order valence-electron chi connectivity index (χ3n) is 5.34. The molecule has 0 bridgehead atoms. The lowest BCUT2D eigenvalue weighted by Gasteiger charge is -2.14. The molecule has 1 fully saturated rings. The molecule has 1 aromatic heterocycles. The molecule has 0 atom stereocenters. The Bertz CT molecular complexity index is 794. The predicted octanol–water partition coefficient (Wildman–Crippen LogP) is 5.67. The van der Waals surface area contributed by atoms with Gasteiger partial charge in [0.15, 0.2) is 0 Å². The van der Waals surface area contributed by atoms with Crippen molar-refractivity contribution < 1.29 is 14.6 Å². The molecule has 27 heavy (non-hydrogen) atoms. The number of rotatable bonds is 8. The summed E-state index contributed by atoms with van der Waals surface area (Å²) in [6, 6.07) is 9.57. The third kappa shape index (κ3) is 4.88. The fourth-order valence-electron chi connectivity index (χ4n) is 3.86. The van der Waals surface area contributed by atoms with Crippen LogP contribution in [0.15, 0.2) is 30.3 Å². The van der Waals surface area contributed by atoms with Crippen LogP contribution in [0.2, 0.25) is 0 Å². The van der Waals surface area contributed by atoms with E-state index in [0.717, 1.165) is 41.8 Å². The standard InChI is InChI=1S/C23H29NO3/c1-3-14-27-22-13-8-16(2)15-19(22)21-12-10-18(23(25)26)20(24-21)11-9-17-6-4-5-7-17/h8,10,12-13,15,17H,3-7,9,11,14H2,1-2H3,(H,25,26). The average Bonchev–Trinajstić information content (AvgIpc) is 3.18. The zero-order valence-electron chi connectivity index (χ0n) is 16.3. The lowest BCUT2D eigenvalue weighted by Crippen LogP contribution is -2.08. The molecule has 144 valence electrons. The highest BCUT2D eigenvalue weighted by atomic mass is 16.5. The maximum Gasteiger partial charge on any atom is 0.337 e. The quantitative estimate of drug-likeness (QED) is 0.653. The molecule has 0 radical (unpaired) electrons. The van der Waals surface area contributed by atoms with Crippen LogP contribution in [-0.2, 0) is 6.42 Å². The Labute approximate surface area is 161 Å². The van der Waals surface area contributed by atoms with Gasteiger partial charge in [-0.3, -0.25) is 4.98 Å². The average molecular weight is 367 g/mol. The van der Waals surface area contributed by atoms with E-state index < -0.39 is 5.97 Å². The Balaban J connectivity index is 1.92. The highest BCUT2D eigenvalue weighted by Gasteiger charge is 2.19. The van der Waals surface area contributed by atoms with E-state index in [4.69, 9.17) is 9.72 Å². The van der Waals surface area contributed by atoms with Gasteiger partial charge in [-0.15, -0.1) is 0 Å². The van der Waals surface area contributed by atoms with E-state index in [-0.39, 0.29) is 0 Å². The molecule has 0 unspecified atom stereocenters. The summed E-state index contributed by atoms with van der Waals surface area (Å²) < 4.78 is 5.90. The molecular formula is C23H29NO3. The molecule has 1 aliphatic rings. The molecule has 1 N–H and O–H groups in total. The highest BCUT2D eigenvalue weighted by Crippen LogP contribution is 2.32. The normalized spacial score (nSPS) is 14.4. The molecule has 0 amide bonds. The van der Waals surface area contributed by atoms with E-state index >= 15 is 0 Å². The van der Waals surface area contributed by atoms with Crippen LogP contribution in [0.25, 0.3) is 11.3 Å². The van der Waals surface area contributed by atoms with Crippen LogP contribution in [0.5, 0.6) is 5.75 Å². The summed E-state index contributed by atoms with van der Waals surface area (Å²) >= 11 is 0. The molecule has 1 saturated carbocycles. The summed E-state index contributed by atoms with van der Waals surface area (Å²) in [4.78, 5) is 16.4. The summed E-state index contributed by atoms with van der Waals surface area (Å²) in [5.74, 6) is 0.612. The van der Waals surface area contributed by atoms with Crippen molar-refractivity contribution in [1.82, 2.24) is 4.98 Å². The highest BCUT2D eigenvalue weighted by molar-refractivity contribution is 5.89. The Morgan fingerprint density at radius 1 is 1.22 bits per heavy atom. The number of hydrogen-bond acceptors (Lipinski definition) is 3. The number of aromatic carboxylic acids is 1. The van der Waals surface area contributed by atoms with E-state index in [1.165, 1.54) is 25.7 Å². The number of aryl methyl sites for hydroxylation is 2. The number of carboxylic acid groups (broad SMARTS) is 1. The largest absolute Gasteiger partial charge is 0.493 e. The number of carboxylic acids is 1. The summed E-state index contributed by atoms with van der Waals surface area (Å²) in [6.07, 6.45) is 7.78. The first kappa shape index (κ1) is 19.4. The fourth-order valence-corrected chi connectivity index (χ4v) is 3.86. The van der Waals surface area contributed by atoms with Crippen LogP contribution < -0.4 is 4.74 Å². The number of carbonyl (C=O) groups is 1. The SMILES string of the molecule is CCCOc1ccc(C)cc1-c1ccc(C(=O)O)c(CCC2CCCC2)n1. The maximum absolute atomic E-state index is 11.7. The van der Waals surface area contributed by atoms with Crippen molar-refractivity contribution in [1.29, 1.82) is 0 Å². The topological polar surface area (TPSA) is 59.4 Å². The maximum atomic E-state index is 11.7. The first-order chi connectivity index (χ1) is 13.1. The predicted molar refractivity (Wildman–Crippen MR) is 107 cm³/mol. The van der Waals surface area contributed by atoms with Crippen LogP contribution in [0, 0.1) is 12.8 Å². The number of benzene rings is 1. The second-order valence-electron chi connectivity index (χ2n) is 7.53. The Morgan fingerprint density at radius 3 is 2.70 bits per heavy atom. The van der Waals surface area contributed by atoms with Crippen molar-refractivity contribution in [2.24, 2.45) is 5.92 Å². The zero-order valence-corrected chi connectivity index (χ0v) is 16.3. The molecule has 2 aromatic rings. The van der Waals surface area contributed by atoms with E-state index in [0.29, 0.717) is 23.8 Å². The lowest BCUT2D eigenvalue weighted by atomic mass is 9.97. The van der Waals surface area contributed by atoms with Gasteiger partial charge in [0.25, 0.3) is 0 Å². The van der Waals surface area contributed by atoms with Crippen molar-refractivity contribution in [3.05, 3.63) is 47.2 Å². The van der Waals surface area contributed by atoms with E-state index in [2.05, 4.69) is 13.0 Å². The van der Waals surface area contributed by atoms with Gasteiger partial charge in [0, 0.05) is 5.56 Å². The van der Waals surface area contributed by atoms with E-state index in [9.17, 15) is 9.90 Å². The minimum atomic E-state index is -0.901. The van der Waals surface area contributed by atoms with Crippen LogP contribution in [-0.4, -0.2) is 22.7 Å². The van der Waals surface area contributed by atoms with Gasteiger partial charge < -0.3 is 9.84 Å². The number of aromatic nitrogens is 1. The fraction of sp³-hybridized carbons (Fsp3) is 0.478. The van der Waals surface area contributed by atoms with Gasteiger partial charge in [-0.25, -0.2) is 4.79 Å². The molecule has 1 heterocycles. The van der Waals surface area contributed by atoms with Crippen molar-refractivity contribution in [2.75, 3.05) is 6.61 Å². The number of pyridine rings is 1. The van der Waals surface area contributed by atoms with E-state index in [1.54, 1.807) is 12.1 Å². The number of nitrogens with zero attached hydrogens (tertiary/aromatic N) is 1.